The predicted octanol–water partition coefficient (Wildman–Crippen LogP) is 3.29. The number of benzene rings is 2. The summed E-state index contributed by atoms with van der Waals surface area (Å²) in [5, 5.41) is 16.4. The third-order valence-electron chi connectivity index (χ3n) is 3.69. The van der Waals surface area contributed by atoms with E-state index in [0.717, 1.165) is 12.1 Å². The number of nitro benzene ring substituents is 1. The number of hydrogen-bond donors (Lipinski definition) is 2. The molecule has 0 spiro atoms. The smallest absolute Gasteiger partial charge is 0.319 e. The molecule has 2 N–H and O–H groups in total. The van der Waals surface area contributed by atoms with Gasteiger partial charge in [-0.2, -0.15) is 0 Å². The lowest BCUT2D eigenvalue weighted by Gasteiger charge is -2.12. The van der Waals surface area contributed by atoms with Crippen molar-refractivity contribution < 1.29 is 9.72 Å². The molecule has 7 nitrogen and oxygen atoms in total. The molecule has 7 heteroatoms. The molecule has 0 aliphatic carbocycles. The molecule has 0 aliphatic heterocycles. The van der Waals surface area contributed by atoms with Gasteiger partial charge in [0.1, 0.15) is 0 Å². The number of anilines is 1. The molecule has 0 fully saturated rings. The van der Waals surface area contributed by atoms with E-state index in [9.17, 15) is 14.9 Å². The zero-order valence-corrected chi connectivity index (χ0v) is 14.6. The summed E-state index contributed by atoms with van der Waals surface area (Å²) in [5.74, 6) is 0. The summed E-state index contributed by atoms with van der Waals surface area (Å²) < 4.78 is 0. The monoisotopic (exact) mass is 342 g/mol. The van der Waals surface area contributed by atoms with E-state index in [0.29, 0.717) is 17.8 Å². The van der Waals surface area contributed by atoms with Crippen LogP contribution in [-0.2, 0) is 13.1 Å². The standard InChI is InChI=1S/C18H22N4O3/c1-13-16(8-5-9-17(13)22(24)25)20-18(23)19-11-14-6-4-7-15(10-14)12-21(2)3/h4-10H,11-12H2,1-3H3,(H2,19,20,23). The van der Waals surface area contributed by atoms with E-state index in [4.69, 9.17) is 0 Å². The van der Waals surface area contributed by atoms with Crippen LogP contribution in [0.3, 0.4) is 0 Å². The molecule has 2 amide bonds. The second-order valence-corrected chi connectivity index (χ2v) is 6.07. The Labute approximate surface area is 146 Å². The Morgan fingerprint density at radius 1 is 1.16 bits per heavy atom. The Balaban J connectivity index is 1.98. The molecule has 0 aliphatic rings. The number of carbonyl (C=O) groups is 1. The number of nitro groups is 1. The van der Waals surface area contributed by atoms with Gasteiger partial charge in [0.15, 0.2) is 0 Å². The second kappa shape index (κ2) is 8.25. The minimum Gasteiger partial charge on any atom is -0.334 e. The summed E-state index contributed by atoms with van der Waals surface area (Å²) in [6, 6.07) is 12.2. The van der Waals surface area contributed by atoms with E-state index in [-0.39, 0.29) is 5.69 Å². The average molecular weight is 342 g/mol. The van der Waals surface area contributed by atoms with E-state index in [2.05, 4.69) is 15.5 Å². The maximum atomic E-state index is 12.1. The highest BCUT2D eigenvalue weighted by molar-refractivity contribution is 5.90. The average Bonchev–Trinajstić information content (AvgIpc) is 2.54. The Morgan fingerprint density at radius 3 is 2.52 bits per heavy atom. The van der Waals surface area contributed by atoms with Crippen LogP contribution >= 0.6 is 0 Å². The second-order valence-electron chi connectivity index (χ2n) is 6.07. The van der Waals surface area contributed by atoms with Crippen molar-refractivity contribution in [1.29, 1.82) is 0 Å². The van der Waals surface area contributed by atoms with Crippen LogP contribution in [0.15, 0.2) is 42.5 Å². The van der Waals surface area contributed by atoms with Crippen molar-refractivity contribution in [2.45, 2.75) is 20.0 Å². The zero-order chi connectivity index (χ0) is 18.4. The summed E-state index contributed by atoms with van der Waals surface area (Å²) >= 11 is 0. The Morgan fingerprint density at radius 2 is 1.84 bits per heavy atom. The van der Waals surface area contributed by atoms with Crippen LogP contribution in [0.4, 0.5) is 16.2 Å². The van der Waals surface area contributed by atoms with E-state index < -0.39 is 11.0 Å². The van der Waals surface area contributed by atoms with Crippen molar-refractivity contribution in [1.82, 2.24) is 10.2 Å². The predicted molar refractivity (Wildman–Crippen MR) is 97.5 cm³/mol. The zero-order valence-electron chi connectivity index (χ0n) is 14.6. The fraction of sp³-hybridized carbons (Fsp3) is 0.278. The fourth-order valence-corrected chi connectivity index (χ4v) is 2.51. The molecule has 2 aromatic rings. The van der Waals surface area contributed by atoms with Gasteiger partial charge in [-0.05, 0) is 38.2 Å². The topological polar surface area (TPSA) is 87.5 Å². The van der Waals surface area contributed by atoms with Gasteiger partial charge in [0, 0.05) is 19.2 Å². The lowest BCUT2D eigenvalue weighted by atomic mass is 10.1. The first kappa shape index (κ1) is 18.4. The fourth-order valence-electron chi connectivity index (χ4n) is 2.51. The van der Waals surface area contributed by atoms with Crippen LogP contribution in [0.5, 0.6) is 0 Å². The van der Waals surface area contributed by atoms with Crippen molar-refractivity contribution in [3.8, 4) is 0 Å². The van der Waals surface area contributed by atoms with Gasteiger partial charge in [0.25, 0.3) is 5.69 Å². The van der Waals surface area contributed by atoms with E-state index in [1.54, 1.807) is 19.1 Å². The Bertz CT molecular complexity index is 775. The lowest BCUT2D eigenvalue weighted by molar-refractivity contribution is -0.385. The van der Waals surface area contributed by atoms with Gasteiger partial charge >= 0.3 is 6.03 Å². The van der Waals surface area contributed by atoms with Crippen LogP contribution in [0, 0.1) is 17.0 Å². The molecule has 0 heterocycles. The quantitative estimate of drug-likeness (QED) is 0.623. The third kappa shape index (κ3) is 5.29. The van der Waals surface area contributed by atoms with Crippen LogP contribution in [-0.4, -0.2) is 29.9 Å². The van der Waals surface area contributed by atoms with Gasteiger partial charge in [-0.1, -0.05) is 30.3 Å². The largest absolute Gasteiger partial charge is 0.334 e. The SMILES string of the molecule is Cc1c(NC(=O)NCc2cccc(CN(C)C)c2)cccc1[N+](=O)[O-]. The van der Waals surface area contributed by atoms with Gasteiger partial charge in [-0.3, -0.25) is 10.1 Å². The molecule has 25 heavy (non-hydrogen) atoms. The lowest BCUT2D eigenvalue weighted by Crippen LogP contribution is -2.28. The van der Waals surface area contributed by atoms with Crippen LogP contribution in [0.2, 0.25) is 0 Å². The minimum absolute atomic E-state index is 0.0193. The van der Waals surface area contributed by atoms with E-state index >= 15 is 0 Å². The molecular weight excluding hydrogens is 320 g/mol. The first-order chi connectivity index (χ1) is 11.9. The van der Waals surface area contributed by atoms with Crippen molar-refractivity contribution in [2.75, 3.05) is 19.4 Å². The van der Waals surface area contributed by atoms with Crippen molar-refractivity contribution in [3.05, 3.63) is 69.3 Å². The van der Waals surface area contributed by atoms with Crippen LogP contribution < -0.4 is 10.6 Å². The molecule has 0 saturated heterocycles. The van der Waals surface area contributed by atoms with Crippen LogP contribution in [0.1, 0.15) is 16.7 Å². The first-order valence-corrected chi connectivity index (χ1v) is 7.88. The first-order valence-electron chi connectivity index (χ1n) is 7.88. The van der Waals surface area contributed by atoms with E-state index in [1.807, 2.05) is 38.4 Å². The summed E-state index contributed by atoms with van der Waals surface area (Å²) in [7, 11) is 4.00. The number of rotatable bonds is 6. The number of carbonyl (C=O) groups excluding carboxylic acids is 1. The summed E-state index contributed by atoms with van der Waals surface area (Å²) in [4.78, 5) is 24.6. The molecule has 0 unspecified atom stereocenters. The van der Waals surface area contributed by atoms with E-state index in [1.165, 1.54) is 11.6 Å². The number of amides is 2. The molecule has 0 atom stereocenters. The van der Waals surface area contributed by atoms with Crippen LogP contribution in [0.25, 0.3) is 0 Å². The molecule has 2 aromatic carbocycles. The summed E-state index contributed by atoms with van der Waals surface area (Å²) in [5.41, 5.74) is 2.99. The van der Waals surface area contributed by atoms with Crippen molar-refractivity contribution >= 4 is 17.4 Å². The molecular formula is C18H22N4O3. The van der Waals surface area contributed by atoms with Crippen molar-refractivity contribution in [2.24, 2.45) is 0 Å². The maximum Gasteiger partial charge on any atom is 0.319 e. The Hall–Kier alpha value is -2.93. The third-order valence-corrected chi connectivity index (χ3v) is 3.69. The molecule has 0 bridgehead atoms. The molecule has 0 radical (unpaired) electrons. The van der Waals surface area contributed by atoms with Gasteiger partial charge in [0.2, 0.25) is 0 Å². The Kier molecular flexibility index (Phi) is 6.08. The number of urea groups is 1. The molecule has 132 valence electrons. The summed E-state index contributed by atoms with van der Waals surface area (Å²) in [6.07, 6.45) is 0. The van der Waals surface area contributed by atoms with Gasteiger partial charge < -0.3 is 15.5 Å². The van der Waals surface area contributed by atoms with Gasteiger partial charge in [-0.15, -0.1) is 0 Å². The highest BCUT2D eigenvalue weighted by Gasteiger charge is 2.14. The maximum absolute atomic E-state index is 12.1. The highest BCUT2D eigenvalue weighted by Crippen LogP contribution is 2.24. The number of nitrogens with one attached hydrogen (secondary N) is 2. The number of hydrogen-bond acceptors (Lipinski definition) is 4. The molecule has 0 aromatic heterocycles. The van der Waals surface area contributed by atoms with Gasteiger partial charge in [0.05, 0.1) is 16.2 Å². The summed E-state index contributed by atoms with van der Waals surface area (Å²) in [6.45, 7) is 2.81. The van der Waals surface area contributed by atoms with Gasteiger partial charge in [-0.25, -0.2) is 4.79 Å². The molecule has 2 rings (SSSR count). The normalized spacial score (nSPS) is 10.6. The highest BCUT2D eigenvalue weighted by atomic mass is 16.6. The minimum atomic E-state index is -0.464. The molecule has 0 saturated carbocycles. The van der Waals surface area contributed by atoms with Crippen molar-refractivity contribution in [3.63, 3.8) is 0 Å². The number of nitrogens with zero attached hydrogens (tertiary/aromatic N) is 2.